The van der Waals surface area contributed by atoms with Crippen molar-refractivity contribution in [3.63, 3.8) is 0 Å². The molecule has 0 bridgehead atoms. The summed E-state index contributed by atoms with van der Waals surface area (Å²) in [6.07, 6.45) is 3.15. The van der Waals surface area contributed by atoms with Gasteiger partial charge in [0, 0.05) is 30.0 Å². The van der Waals surface area contributed by atoms with Gasteiger partial charge >= 0.3 is 0 Å². The zero-order valence-corrected chi connectivity index (χ0v) is 14.2. The van der Waals surface area contributed by atoms with Crippen LogP contribution in [0.15, 0.2) is 24.4 Å². The van der Waals surface area contributed by atoms with Crippen LogP contribution in [0.4, 0.5) is 0 Å². The lowest BCUT2D eigenvalue weighted by molar-refractivity contribution is -0.122. The highest BCUT2D eigenvalue weighted by Crippen LogP contribution is 2.30. The Balaban J connectivity index is 1.77. The van der Waals surface area contributed by atoms with Gasteiger partial charge in [0.15, 0.2) is 0 Å². The van der Waals surface area contributed by atoms with Crippen LogP contribution in [-0.4, -0.2) is 36.6 Å². The van der Waals surface area contributed by atoms with Crippen LogP contribution in [0.25, 0.3) is 10.8 Å². The molecule has 7 nitrogen and oxygen atoms in total. The standard InChI is InChI=1S/C18H21N3O4/c1-10-7-12(21-17(10)23)4-6-25-18-13-9-15(24-2)14(16(19)22)8-11(13)3-5-20-18/h3,5,8-10,12H,4,6-7H2,1-2H3,(H2,19,22)(H,21,23)/t10-,12+/m0/s1. The molecule has 1 aliphatic rings. The monoisotopic (exact) mass is 343 g/mol. The van der Waals surface area contributed by atoms with Crippen molar-refractivity contribution < 1.29 is 19.1 Å². The average molecular weight is 343 g/mol. The molecule has 25 heavy (non-hydrogen) atoms. The molecule has 0 aliphatic carbocycles. The number of amides is 2. The number of aromatic nitrogens is 1. The number of carbonyl (C=O) groups excluding carboxylic acids is 2. The van der Waals surface area contributed by atoms with Crippen molar-refractivity contribution in [2.45, 2.75) is 25.8 Å². The number of hydrogen-bond donors (Lipinski definition) is 2. The number of benzene rings is 1. The van der Waals surface area contributed by atoms with E-state index < -0.39 is 5.91 Å². The molecule has 2 amide bonds. The van der Waals surface area contributed by atoms with E-state index >= 15 is 0 Å². The number of carbonyl (C=O) groups is 2. The molecule has 0 saturated carbocycles. The molecule has 1 fully saturated rings. The number of hydrogen-bond acceptors (Lipinski definition) is 5. The average Bonchev–Trinajstić information content (AvgIpc) is 2.91. The summed E-state index contributed by atoms with van der Waals surface area (Å²) < 4.78 is 11.1. The maximum atomic E-state index is 11.5. The van der Waals surface area contributed by atoms with Crippen molar-refractivity contribution >= 4 is 22.6 Å². The number of pyridine rings is 1. The first-order valence-electron chi connectivity index (χ1n) is 8.19. The second-order valence-corrected chi connectivity index (χ2v) is 6.23. The number of ether oxygens (including phenoxy) is 2. The Labute approximate surface area is 145 Å². The van der Waals surface area contributed by atoms with Gasteiger partial charge in [-0.15, -0.1) is 0 Å². The quantitative estimate of drug-likeness (QED) is 0.830. The van der Waals surface area contributed by atoms with Crippen molar-refractivity contribution in [3.05, 3.63) is 30.0 Å². The van der Waals surface area contributed by atoms with Gasteiger partial charge in [0.1, 0.15) is 5.75 Å². The third kappa shape index (κ3) is 3.50. The maximum Gasteiger partial charge on any atom is 0.252 e. The largest absolute Gasteiger partial charge is 0.496 e. The second-order valence-electron chi connectivity index (χ2n) is 6.23. The lowest BCUT2D eigenvalue weighted by atomic mass is 10.1. The molecule has 2 aromatic rings. The number of fused-ring (bicyclic) bond motifs is 1. The van der Waals surface area contributed by atoms with E-state index in [0.717, 1.165) is 17.2 Å². The van der Waals surface area contributed by atoms with Crippen LogP contribution in [-0.2, 0) is 4.79 Å². The molecule has 1 aromatic carbocycles. The summed E-state index contributed by atoms with van der Waals surface area (Å²) in [5.74, 6) is 0.442. The number of primary amides is 1. The topological polar surface area (TPSA) is 104 Å². The summed E-state index contributed by atoms with van der Waals surface area (Å²) in [6, 6.07) is 5.29. The molecule has 1 aliphatic heterocycles. The molecule has 132 valence electrons. The Morgan fingerprint density at radius 2 is 2.24 bits per heavy atom. The minimum Gasteiger partial charge on any atom is -0.496 e. The number of methoxy groups -OCH3 is 1. The third-order valence-electron chi connectivity index (χ3n) is 4.45. The molecule has 3 rings (SSSR count). The zero-order valence-electron chi connectivity index (χ0n) is 14.2. The van der Waals surface area contributed by atoms with Crippen LogP contribution < -0.4 is 20.5 Å². The van der Waals surface area contributed by atoms with Gasteiger partial charge in [-0.25, -0.2) is 4.98 Å². The number of nitrogens with one attached hydrogen (secondary N) is 1. The van der Waals surface area contributed by atoms with Crippen LogP contribution in [0.1, 0.15) is 30.1 Å². The van der Waals surface area contributed by atoms with Crippen molar-refractivity contribution in [2.75, 3.05) is 13.7 Å². The number of rotatable bonds is 6. The molecule has 0 unspecified atom stereocenters. The highest BCUT2D eigenvalue weighted by Gasteiger charge is 2.27. The van der Waals surface area contributed by atoms with Gasteiger partial charge in [-0.3, -0.25) is 9.59 Å². The van der Waals surface area contributed by atoms with Gasteiger partial charge in [0.05, 0.1) is 19.3 Å². The first-order valence-corrected chi connectivity index (χ1v) is 8.19. The van der Waals surface area contributed by atoms with Crippen LogP contribution in [0.3, 0.4) is 0 Å². The summed E-state index contributed by atoms with van der Waals surface area (Å²) >= 11 is 0. The van der Waals surface area contributed by atoms with E-state index in [0.29, 0.717) is 30.2 Å². The Kier molecular flexibility index (Phi) is 4.74. The third-order valence-corrected chi connectivity index (χ3v) is 4.45. The predicted octanol–water partition coefficient (Wildman–Crippen LogP) is 1.64. The highest BCUT2D eigenvalue weighted by molar-refractivity contribution is 6.01. The van der Waals surface area contributed by atoms with Gasteiger partial charge in [0.25, 0.3) is 5.91 Å². The fraction of sp³-hybridized carbons (Fsp3) is 0.389. The summed E-state index contributed by atoms with van der Waals surface area (Å²) in [6.45, 7) is 2.36. The van der Waals surface area contributed by atoms with Crippen molar-refractivity contribution in [3.8, 4) is 11.6 Å². The Morgan fingerprint density at radius 3 is 2.88 bits per heavy atom. The van der Waals surface area contributed by atoms with Crippen molar-refractivity contribution in [1.29, 1.82) is 0 Å². The Hall–Kier alpha value is -2.83. The molecule has 0 radical (unpaired) electrons. The van der Waals surface area contributed by atoms with Crippen LogP contribution in [0.2, 0.25) is 0 Å². The van der Waals surface area contributed by atoms with E-state index in [4.69, 9.17) is 15.2 Å². The predicted molar refractivity (Wildman–Crippen MR) is 92.6 cm³/mol. The molecule has 3 N–H and O–H groups in total. The minimum atomic E-state index is -0.552. The normalized spacial score (nSPS) is 19.7. The van der Waals surface area contributed by atoms with E-state index in [1.54, 1.807) is 24.4 Å². The van der Waals surface area contributed by atoms with Gasteiger partial charge in [-0.2, -0.15) is 0 Å². The van der Waals surface area contributed by atoms with E-state index in [1.165, 1.54) is 7.11 Å². The van der Waals surface area contributed by atoms with E-state index in [2.05, 4.69) is 10.3 Å². The van der Waals surface area contributed by atoms with Crippen molar-refractivity contribution in [1.82, 2.24) is 10.3 Å². The first-order chi connectivity index (χ1) is 12.0. The van der Waals surface area contributed by atoms with Gasteiger partial charge in [-0.05, 0) is 30.0 Å². The lowest BCUT2D eigenvalue weighted by Gasteiger charge is -2.13. The molecular formula is C18H21N3O4. The fourth-order valence-corrected chi connectivity index (χ4v) is 3.07. The molecule has 2 atom stereocenters. The smallest absolute Gasteiger partial charge is 0.252 e. The van der Waals surface area contributed by atoms with Gasteiger partial charge < -0.3 is 20.5 Å². The fourth-order valence-electron chi connectivity index (χ4n) is 3.07. The molecule has 0 spiro atoms. The van der Waals surface area contributed by atoms with Gasteiger partial charge in [-0.1, -0.05) is 6.92 Å². The first kappa shape index (κ1) is 17.0. The van der Waals surface area contributed by atoms with E-state index in [-0.39, 0.29) is 17.9 Å². The van der Waals surface area contributed by atoms with Crippen molar-refractivity contribution in [2.24, 2.45) is 11.7 Å². The summed E-state index contributed by atoms with van der Waals surface area (Å²) in [5, 5.41) is 4.49. The highest BCUT2D eigenvalue weighted by atomic mass is 16.5. The second kappa shape index (κ2) is 6.96. The van der Waals surface area contributed by atoms with Crippen LogP contribution in [0, 0.1) is 5.92 Å². The van der Waals surface area contributed by atoms with Crippen LogP contribution >= 0.6 is 0 Å². The molecule has 1 saturated heterocycles. The van der Waals surface area contributed by atoms with Crippen LogP contribution in [0.5, 0.6) is 11.6 Å². The van der Waals surface area contributed by atoms with E-state index in [1.807, 2.05) is 6.92 Å². The molecule has 2 heterocycles. The Morgan fingerprint density at radius 1 is 1.44 bits per heavy atom. The minimum absolute atomic E-state index is 0.0529. The number of nitrogens with zero attached hydrogens (tertiary/aromatic N) is 1. The molecule has 7 heteroatoms. The lowest BCUT2D eigenvalue weighted by Crippen LogP contribution is -2.27. The van der Waals surface area contributed by atoms with Gasteiger partial charge in [0.2, 0.25) is 11.8 Å². The molecule has 1 aromatic heterocycles. The number of nitrogens with two attached hydrogens (primary N) is 1. The maximum absolute atomic E-state index is 11.5. The SMILES string of the molecule is COc1cc2c(OCC[C@@H]3C[C@H](C)C(=O)N3)nccc2cc1C(N)=O. The summed E-state index contributed by atoms with van der Waals surface area (Å²) in [5.41, 5.74) is 5.71. The molecular weight excluding hydrogens is 322 g/mol. The summed E-state index contributed by atoms with van der Waals surface area (Å²) in [4.78, 5) is 27.3. The summed E-state index contributed by atoms with van der Waals surface area (Å²) in [7, 11) is 1.48. The Bertz CT molecular complexity index is 821. The van der Waals surface area contributed by atoms with E-state index in [9.17, 15) is 9.59 Å². The zero-order chi connectivity index (χ0) is 18.0.